The minimum absolute atomic E-state index is 0.119. The number of hydrogen-bond acceptors (Lipinski definition) is 7. The molecule has 5 heterocycles. The van der Waals surface area contributed by atoms with Crippen molar-refractivity contribution in [3.8, 4) is 17.1 Å². The lowest BCUT2D eigenvalue weighted by Crippen LogP contribution is -2.46. The average molecular weight is 484 g/mol. The highest BCUT2D eigenvalue weighted by molar-refractivity contribution is 5.89. The third-order valence-electron chi connectivity index (χ3n) is 7.67. The molecule has 0 unspecified atom stereocenters. The number of aryl methyl sites for hydroxylation is 2. The number of fused-ring (bicyclic) bond motifs is 2. The van der Waals surface area contributed by atoms with Crippen molar-refractivity contribution >= 4 is 22.7 Å². The molecule has 1 spiro atoms. The maximum absolute atomic E-state index is 13.5. The highest BCUT2D eigenvalue weighted by atomic mass is 16.5. The summed E-state index contributed by atoms with van der Waals surface area (Å²) in [6.07, 6.45) is 7.90. The van der Waals surface area contributed by atoms with E-state index in [-0.39, 0.29) is 17.4 Å². The molecule has 1 amide bonds. The van der Waals surface area contributed by atoms with Crippen molar-refractivity contribution in [3.63, 3.8) is 0 Å². The van der Waals surface area contributed by atoms with Crippen LogP contribution in [0.3, 0.4) is 0 Å². The minimum Gasteiger partial charge on any atom is -0.496 e. The number of likely N-dealkylation sites (tertiary alicyclic amines) is 1. The summed E-state index contributed by atoms with van der Waals surface area (Å²) in [7, 11) is 1.64. The van der Waals surface area contributed by atoms with Crippen LogP contribution < -0.4 is 10.1 Å². The number of amides is 1. The Balaban J connectivity index is 1.20. The second kappa shape index (κ2) is 8.62. The second-order valence-corrected chi connectivity index (χ2v) is 9.89. The molecule has 36 heavy (non-hydrogen) atoms. The van der Waals surface area contributed by atoms with Crippen LogP contribution >= 0.6 is 0 Å². The number of carbonyl (C=O) groups is 1. The van der Waals surface area contributed by atoms with Gasteiger partial charge in [0.25, 0.3) is 0 Å². The standard InChI is InChI=1S/C28H29N5O3/c1-17(20-14-23(35-3)21-6-12-36-24(21)15-20)27(34)33-11-8-28(16-33)7-5-19-13-22(18(2)31-25(19)32-28)26-29-9-4-10-30-26/h4,6,9-10,12-15,17H,5,7-8,11,16H2,1-3H3,(H,31,32)/t17-,28+/m1/s1. The molecule has 1 aromatic carbocycles. The van der Waals surface area contributed by atoms with Gasteiger partial charge >= 0.3 is 0 Å². The Labute approximate surface area is 209 Å². The molecule has 8 nitrogen and oxygen atoms in total. The quantitative estimate of drug-likeness (QED) is 0.448. The Hall–Kier alpha value is -3.94. The summed E-state index contributed by atoms with van der Waals surface area (Å²) in [4.78, 5) is 29.2. The molecule has 3 aromatic heterocycles. The monoisotopic (exact) mass is 483 g/mol. The van der Waals surface area contributed by atoms with Crippen molar-refractivity contribution in [1.29, 1.82) is 0 Å². The van der Waals surface area contributed by atoms with E-state index in [0.29, 0.717) is 12.4 Å². The van der Waals surface area contributed by atoms with E-state index in [1.165, 1.54) is 5.56 Å². The zero-order valence-electron chi connectivity index (χ0n) is 20.7. The van der Waals surface area contributed by atoms with Crippen molar-refractivity contribution in [2.24, 2.45) is 0 Å². The van der Waals surface area contributed by atoms with E-state index in [1.54, 1.807) is 25.8 Å². The molecule has 0 aliphatic carbocycles. The minimum atomic E-state index is -0.298. The van der Waals surface area contributed by atoms with Crippen LogP contribution in [0.2, 0.25) is 0 Å². The number of ether oxygens (including phenoxy) is 1. The Morgan fingerprint density at radius 3 is 2.86 bits per heavy atom. The molecular weight excluding hydrogens is 454 g/mol. The summed E-state index contributed by atoms with van der Waals surface area (Å²) >= 11 is 0. The first-order chi connectivity index (χ1) is 17.5. The molecule has 4 aromatic rings. The van der Waals surface area contributed by atoms with Gasteiger partial charge in [0.15, 0.2) is 5.82 Å². The van der Waals surface area contributed by atoms with E-state index in [4.69, 9.17) is 14.1 Å². The van der Waals surface area contributed by atoms with Gasteiger partial charge in [-0.2, -0.15) is 0 Å². The molecule has 184 valence electrons. The topological polar surface area (TPSA) is 93.4 Å². The van der Waals surface area contributed by atoms with Gasteiger partial charge in [-0.25, -0.2) is 15.0 Å². The van der Waals surface area contributed by atoms with Crippen LogP contribution in [-0.2, 0) is 11.2 Å². The summed E-state index contributed by atoms with van der Waals surface area (Å²) in [5.74, 6) is 2.15. The van der Waals surface area contributed by atoms with Crippen LogP contribution in [0.1, 0.15) is 42.5 Å². The highest BCUT2D eigenvalue weighted by Crippen LogP contribution is 2.39. The summed E-state index contributed by atoms with van der Waals surface area (Å²) in [5.41, 5.74) is 4.50. The lowest BCUT2D eigenvalue weighted by Gasteiger charge is -2.36. The van der Waals surface area contributed by atoms with Crippen molar-refractivity contribution in [3.05, 3.63) is 65.8 Å². The lowest BCUT2D eigenvalue weighted by atomic mass is 9.86. The van der Waals surface area contributed by atoms with Crippen LogP contribution in [0.15, 0.2) is 53.4 Å². The SMILES string of the molecule is COc1cc([C@@H](C)C(=O)N2CC[C@@]3(CCc4cc(-c5ncccn5)c(C)nc4N3)C2)cc2occc12. The first-order valence-electron chi connectivity index (χ1n) is 12.4. The summed E-state index contributed by atoms with van der Waals surface area (Å²) in [6, 6.07) is 9.75. The summed E-state index contributed by atoms with van der Waals surface area (Å²) < 4.78 is 11.1. The maximum Gasteiger partial charge on any atom is 0.229 e. The average Bonchev–Trinajstić information content (AvgIpc) is 3.55. The highest BCUT2D eigenvalue weighted by Gasteiger charge is 2.43. The number of methoxy groups -OCH3 is 1. The second-order valence-electron chi connectivity index (χ2n) is 9.89. The fraction of sp³-hybridized carbons (Fsp3) is 0.357. The Bertz CT molecular complexity index is 1450. The van der Waals surface area contributed by atoms with E-state index >= 15 is 0 Å². The van der Waals surface area contributed by atoms with Crippen molar-refractivity contribution < 1.29 is 13.9 Å². The number of nitrogens with zero attached hydrogens (tertiary/aromatic N) is 4. The first-order valence-corrected chi connectivity index (χ1v) is 12.4. The molecule has 1 fully saturated rings. The predicted octanol–water partition coefficient (Wildman–Crippen LogP) is 4.73. The molecule has 0 radical (unpaired) electrons. The number of carbonyl (C=O) groups excluding carboxylic acids is 1. The smallest absolute Gasteiger partial charge is 0.229 e. The molecule has 6 rings (SSSR count). The number of hydrogen-bond donors (Lipinski definition) is 1. The Kier molecular flexibility index (Phi) is 5.39. The molecular formula is C28H29N5O3. The molecule has 1 saturated heterocycles. The number of nitrogens with one attached hydrogen (secondary N) is 1. The number of anilines is 1. The lowest BCUT2D eigenvalue weighted by molar-refractivity contribution is -0.131. The van der Waals surface area contributed by atoms with Crippen LogP contribution in [0.5, 0.6) is 5.75 Å². The van der Waals surface area contributed by atoms with Crippen molar-refractivity contribution in [1.82, 2.24) is 19.9 Å². The third kappa shape index (κ3) is 3.77. The number of furan rings is 1. The van der Waals surface area contributed by atoms with E-state index in [1.807, 2.05) is 43.0 Å². The van der Waals surface area contributed by atoms with E-state index < -0.39 is 0 Å². The maximum atomic E-state index is 13.5. The molecule has 2 atom stereocenters. The van der Waals surface area contributed by atoms with Gasteiger partial charge in [0.2, 0.25) is 5.91 Å². The summed E-state index contributed by atoms with van der Waals surface area (Å²) in [5, 5.41) is 4.63. The van der Waals surface area contributed by atoms with Gasteiger partial charge in [0, 0.05) is 31.0 Å². The van der Waals surface area contributed by atoms with Crippen LogP contribution in [0, 0.1) is 6.92 Å². The normalized spacial score (nSPS) is 19.8. The number of pyridine rings is 1. The third-order valence-corrected chi connectivity index (χ3v) is 7.67. The van der Waals surface area contributed by atoms with E-state index in [0.717, 1.165) is 65.2 Å². The van der Waals surface area contributed by atoms with Crippen LogP contribution in [-0.4, -0.2) is 51.5 Å². The first kappa shape index (κ1) is 22.5. The molecule has 0 saturated carbocycles. The van der Waals surface area contributed by atoms with Crippen LogP contribution in [0.4, 0.5) is 5.82 Å². The fourth-order valence-corrected chi connectivity index (χ4v) is 5.56. The van der Waals surface area contributed by atoms with Gasteiger partial charge in [-0.3, -0.25) is 4.79 Å². The van der Waals surface area contributed by atoms with Gasteiger partial charge in [0.05, 0.1) is 35.9 Å². The molecule has 2 aliphatic rings. The zero-order valence-corrected chi connectivity index (χ0v) is 20.7. The van der Waals surface area contributed by atoms with Gasteiger partial charge < -0.3 is 19.4 Å². The molecule has 0 bridgehead atoms. The number of aromatic nitrogens is 3. The number of rotatable bonds is 4. The zero-order chi connectivity index (χ0) is 24.9. The molecule has 1 N–H and O–H groups in total. The summed E-state index contributed by atoms with van der Waals surface area (Å²) in [6.45, 7) is 5.34. The van der Waals surface area contributed by atoms with Gasteiger partial charge in [0.1, 0.15) is 17.2 Å². The van der Waals surface area contributed by atoms with Gasteiger partial charge in [-0.1, -0.05) is 0 Å². The fourth-order valence-electron chi connectivity index (χ4n) is 5.56. The molecule has 8 heteroatoms. The van der Waals surface area contributed by atoms with Crippen LogP contribution in [0.25, 0.3) is 22.4 Å². The van der Waals surface area contributed by atoms with Crippen molar-refractivity contribution in [2.75, 3.05) is 25.5 Å². The Morgan fingerprint density at radius 1 is 1.22 bits per heavy atom. The van der Waals surface area contributed by atoms with E-state index in [9.17, 15) is 4.79 Å². The van der Waals surface area contributed by atoms with Crippen molar-refractivity contribution in [2.45, 2.75) is 44.6 Å². The Morgan fingerprint density at radius 2 is 2.06 bits per heavy atom. The number of benzene rings is 1. The van der Waals surface area contributed by atoms with Gasteiger partial charge in [-0.15, -0.1) is 0 Å². The van der Waals surface area contributed by atoms with E-state index in [2.05, 4.69) is 21.4 Å². The van der Waals surface area contributed by atoms with Gasteiger partial charge in [-0.05, 0) is 74.6 Å². The molecule has 2 aliphatic heterocycles. The predicted molar refractivity (Wildman–Crippen MR) is 137 cm³/mol. The largest absolute Gasteiger partial charge is 0.496 e.